The summed E-state index contributed by atoms with van der Waals surface area (Å²) < 4.78 is 5.46. The third-order valence-electron chi connectivity index (χ3n) is 3.19. The highest BCUT2D eigenvalue weighted by molar-refractivity contribution is 6.33. The van der Waals surface area contributed by atoms with Crippen molar-refractivity contribution < 1.29 is 9.53 Å². The molecule has 1 saturated carbocycles. The minimum Gasteiger partial charge on any atom is -0.378 e. The number of nitrogens with one attached hydrogen (secondary N) is 2. The van der Waals surface area contributed by atoms with E-state index in [1.165, 1.54) is 6.20 Å². The zero-order valence-corrected chi connectivity index (χ0v) is 11.8. The van der Waals surface area contributed by atoms with Crippen molar-refractivity contribution in [2.45, 2.75) is 31.9 Å². The van der Waals surface area contributed by atoms with Crippen molar-refractivity contribution in [3.8, 4) is 0 Å². The molecule has 1 aliphatic carbocycles. The fourth-order valence-corrected chi connectivity index (χ4v) is 2.26. The van der Waals surface area contributed by atoms with E-state index in [9.17, 15) is 4.79 Å². The summed E-state index contributed by atoms with van der Waals surface area (Å²) in [5.74, 6) is 0.458. The highest BCUT2D eigenvalue weighted by atomic mass is 35.5. The molecule has 0 unspecified atom stereocenters. The number of rotatable bonds is 5. The van der Waals surface area contributed by atoms with E-state index < -0.39 is 0 Å². The Bertz CT molecular complexity index is 461. The molecule has 1 amide bonds. The van der Waals surface area contributed by atoms with E-state index in [0.717, 1.165) is 12.8 Å². The van der Waals surface area contributed by atoms with Gasteiger partial charge in [0.1, 0.15) is 5.82 Å². The third-order valence-corrected chi connectivity index (χ3v) is 3.49. The quantitative estimate of drug-likeness (QED) is 0.868. The van der Waals surface area contributed by atoms with Crippen LogP contribution in [0, 0.1) is 0 Å². The van der Waals surface area contributed by atoms with Crippen LogP contribution in [0.5, 0.6) is 0 Å². The SMILES string of the molecule is CCOC1CC(NC(=O)c2cc(NC)ncc2Cl)C1. The average molecular weight is 284 g/mol. The van der Waals surface area contributed by atoms with Crippen molar-refractivity contribution in [2.24, 2.45) is 0 Å². The maximum absolute atomic E-state index is 12.1. The van der Waals surface area contributed by atoms with Gasteiger partial charge in [0.05, 0.1) is 16.7 Å². The molecule has 19 heavy (non-hydrogen) atoms. The predicted molar refractivity (Wildman–Crippen MR) is 74.7 cm³/mol. The fourth-order valence-electron chi connectivity index (χ4n) is 2.07. The molecule has 1 fully saturated rings. The molecule has 0 saturated heterocycles. The van der Waals surface area contributed by atoms with Crippen LogP contribution in [0.3, 0.4) is 0 Å². The molecule has 5 nitrogen and oxygen atoms in total. The zero-order chi connectivity index (χ0) is 13.8. The number of hydrogen-bond acceptors (Lipinski definition) is 4. The minimum absolute atomic E-state index is 0.163. The first-order valence-electron chi connectivity index (χ1n) is 6.39. The van der Waals surface area contributed by atoms with Crippen molar-refractivity contribution in [1.29, 1.82) is 0 Å². The van der Waals surface area contributed by atoms with Crippen LogP contribution >= 0.6 is 11.6 Å². The summed E-state index contributed by atoms with van der Waals surface area (Å²) in [4.78, 5) is 16.2. The lowest BCUT2D eigenvalue weighted by Crippen LogP contribution is -2.47. The van der Waals surface area contributed by atoms with Gasteiger partial charge in [-0.3, -0.25) is 4.79 Å². The van der Waals surface area contributed by atoms with Crippen LogP contribution in [0.25, 0.3) is 0 Å². The predicted octanol–water partition coefficient (Wildman–Crippen LogP) is 2.07. The molecular weight excluding hydrogens is 266 g/mol. The summed E-state index contributed by atoms with van der Waals surface area (Å²) in [5.41, 5.74) is 0.445. The van der Waals surface area contributed by atoms with Crippen molar-refractivity contribution >= 4 is 23.3 Å². The van der Waals surface area contributed by atoms with Crippen LogP contribution in [0.4, 0.5) is 5.82 Å². The van der Waals surface area contributed by atoms with Crippen LogP contribution < -0.4 is 10.6 Å². The molecule has 104 valence electrons. The number of carbonyl (C=O) groups excluding carboxylic acids is 1. The standard InChI is InChI=1S/C13H18ClN3O2/c1-3-19-9-4-8(5-9)17-13(18)10-6-12(15-2)16-7-11(10)14/h6-9H,3-5H2,1-2H3,(H,15,16)(H,17,18). The van der Waals surface area contributed by atoms with E-state index in [-0.39, 0.29) is 18.1 Å². The summed E-state index contributed by atoms with van der Waals surface area (Å²) in [6, 6.07) is 1.82. The van der Waals surface area contributed by atoms with Crippen molar-refractivity contribution in [3.05, 3.63) is 22.8 Å². The maximum atomic E-state index is 12.1. The minimum atomic E-state index is -0.163. The van der Waals surface area contributed by atoms with Crippen molar-refractivity contribution in [1.82, 2.24) is 10.3 Å². The van der Waals surface area contributed by atoms with Gasteiger partial charge in [0.15, 0.2) is 0 Å². The smallest absolute Gasteiger partial charge is 0.253 e. The number of aromatic nitrogens is 1. The number of pyridine rings is 1. The van der Waals surface area contributed by atoms with Crippen molar-refractivity contribution in [3.63, 3.8) is 0 Å². The first-order chi connectivity index (χ1) is 9.13. The molecule has 0 atom stereocenters. The van der Waals surface area contributed by atoms with Crippen LogP contribution in [0.2, 0.25) is 5.02 Å². The van der Waals surface area contributed by atoms with Crippen LogP contribution in [0.15, 0.2) is 12.3 Å². The Morgan fingerprint density at radius 1 is 1.58 bits per heavy atom. The molecule has 0 radical (unpaired) electrons. The number of hydrogen-bond donors (Lipinski definition) is 2. The third kappa shape index (κ3) is 3.36. The first-order valence-corrected chi connectivity index (χ1v) is 6.77. The monoisotopic (exact) mass is 283 g/mol. The Labute approximate surface area is 117 Å². The average Bonchev–Trinajstić information content (AvgIpc) is 2.36. The summed E-state index contributed by atoms with van der Waals surface area (Å²) >= 11 is 6.00. The fraction of sp³-hybridized carbons (Fsp3) is 0.538. The lowest BCUT2D eigenvalue weighted by molar-refractivity contribution is -0.00862. The number of halogens is 1. The molecule has 2 N–H and O–H groups in total. The van der Waals surface area contributed by atoms with Gasteiger partial charge in [0.2, 0.25) is 0 Å². The molecule has 1 heterocycles. The zero-order valence-electron chi connectivity index (χ0n) is 11.1. The van der Waals surface area contributed by atoms with Crippen LogP contribution in [0.1, 0.15) is 30.1 Å². The molecule has 0 aliphatic heterocycles. The Morgan fingerprint density at radius 3 is 2.95 bits per heavy atom. The number of amides is 1. The van der Waals surface area contributed by atoms with E-state index in [0.29, 0.717) is 23.0 Å². The van der Waals surface area contributed by atoms with E-state index in [2.05, 4.69) is 15.6 Å². The maximum Gasteiger partial charge on any atom is 0.253 e. The molecule has 1 aromatic heterocycles. The van der Waals surface area contributed by atoms with Crippen molar-refractivity contribution in [2.75, 3.05) is 19.0 Å². The molecular formula is C13H18ClN3O2. The Kier molecular flexibility index (Phi) is 4.61. The van der Waals surface area contributed by atoms with Gasteiger partial charge in [0, 0.05) is 25.9 Å². The van der Waals surface area contributed by atoms with Gasteiger partial charge in [-0.15, -0.1) is 0 Å². The molecule has 2 rings (SSSR count). The van der Waals surface area contributed by atoms with Gasteiger partial charge >= 0.3 is 0 Å². The molecule has 0 spiro atoms. The van der Waals surface area contributed by atoms with E-state index >= 15 is 0 Å². The lowest BCUT2D eigenvalue weighted by atomic mass is 9.89. The second-order valence-corrected chi connectivity index (χ2v) is 4.93. The second kappa shape index (κ2) is 6.21. The Balaban J connectivity index is 1.94. The van der Waals surface area contributed by atoms with Gasteiger partial charge < -0.3 is 15.4 Å². The van der Waals surface area contributed by atoms with Gasteiger partial charge in [0.25, 0.3) is 5.91 Å². The summed E-state index contributed by atoms with van der Waals surface area (Å²) in [6.07, 6.45) is 3.48. The van der Waals surface area contributed by atoms with E-state index in [4.69, 9.17) is 16.3 Å². The van der Waals surface area contributed by atoms with E-state index in [1.54, 1.807) is 13.1 Å². The summed E-state index contributed by atoms with van der Waals surface area (Å²) in [5, 5.41) is 6.20. The summed E-state index contributed by atoms with van der Waals surface area (Å²) in [6.45, 7) is 2.69. The first kappa shape index (κ1) is 14.1. The Morgan fingerprint density at radius 2 is 2.32 bits per heavy atom. The van der Waals surface area contributed by atoms with Gasteiger partial charge in [-0.2, -0.15) is 0 Å². The van der Waals surface area contributed by atoms with Gasteiger partial charge in [-0.1, -0.05) is 11.6 Å². The highest BCUT2D eigenvalue weighted by Gasteiger charge is 2.31. The molecule has 0 aromatic carbocycles. The largest absolute Gasteiger partial charge is 0.378 e. The molecule has 6 heteroatoms. The number of nitrogens with zero attached hydrogens (tertiary/aromatic N) is 1. The van der Waals surface area contributed by atoms with Crippen LogP contribution in [-0.2, 0) is 4.74 Å². The Hall–Kier alpha value is -1.33. The molecule has 0 bridgehead atoms. The number of carbonyl (C=O) groups is 1. The number of ether oxygens (including phenoxy) is 1. The normalized spacial score (nSPS) is 21.6. The van der Waals surface area contributed by atoms with Crippen LogP contribution in [-0.4, -0.2) is 36.7 Å². The molecule has 1 aromatic rings. The lowest BCUT2D eigenvalue weighted by Gasteiger charge is -2.35. The number of anilines is 1. The summed E-state index contributed by atoms with van der Waals surface area (Å²) in [7, 11) is 1.75. The molecule has 1 aliphatic rings. The van der Waals surface area contributed by atoms with E-state index in [1.807, 2.05) is 6.92 Å². The van der Waals surface area contributed by atoms with Gasteiger partial charge in [-0.25, -0.2) is 4.98 Å². The second-order valence-electron chi connectivity index (χ2n) is 4.52. The van der Waals surface area contributed by atoms with Gasteiger partial charge in [-0.05, 0) is 25.8 Å². The topological polar surface area (TPSA) is 63.2 Å². The highest BCUT2D eigenvalue weighted by Crippen LogP contribution is 2.24.